The Hall–Kier alpha value is -3.68. The van der Waals surface area contributed by atoms with Crippen LogP contribution < -0.4 is 10.1 Å². The first kappa shape index (κ1) is 18.7. The van der Waals surface area contributed by atoms with E-state index in [4.69, 9.17) is 9.26 Å². The number of hydrogen-bond donors (Lipinski definition) is 1. The van der Waals surface area contributed by atoms with E-state index in [9.17, 15) is 4.79 Å². The van der Waals surface area contributed by atoms with Gasteiger partial charge in [-0.3, -0.25) is 9.48 Å². The van der Waals surface area contributed by atoms with E-state index in [1.807, 2.05) is 51.1 Å². The smallest absolute Gasteiger partial charge is 0.256 e. The van der Waals surface area contributed by atoms with Gasteiger partial charge in [-0.25, -0.2) is 4.98 Å². The molecule has 0 spiro atoms. The van der Waals surface area contributed by atoms with Crippen molar-refractivity contribution < 1.29 is 14.1 Å². The van der Waals surface area contributed by atoms with Crippen LogP contribution in [-0.2, 0) is 6.54 Å². The Morgan fingerprint density at radius 2 is 2.00 bits per heavy atom. The van der Waals surface area contributed by atoms with Crippen molar-refractivity contribution in [3.05, 3.63) is 64.8 Å². The number of pyridine rings is 1. The lowest BCUT2D eigenvalue weighted by molar-refractivity contribution is 0.102. The molecule has 1 N–H and O–H groups in total. The molecule has 3 heterocycles. The second-order valence-electron chi connectivity index (χ2n) is 6.82. The minimum absolute atomic E-state index is 0.245. The molecule has 0 aliphatic carbocycles. The molecule has 4 aromatic rings. The average molecular weight is 391 g/mol. The summed E-state index contributed by atoms with van der Waals surface area (Å²) < 4.78 is 12.2. The Kier molecular flexibility index (Phi) is 4.75. The molecule has 0 unspecified atom stereocenters. The number of anilines is 1. The van der Waals surface area contributed by atoms with Crippen LogP contribution in [0.3, 0.4) is 0 Å². The minimum atomic E-state index is -0.245. The maximum absolute atomic E-state index is 13.1. The zero-order valence-electron chi connectivity index (χ0n) is 16.7. The number of carbonyl (C=O) groups is 1. The van der Waals surface area contributed by atoms with Gasteiger partial charge in [0.05, 0.1) is 41.8 Å². The zero-order chi connectivity index (χ0) is 20.5. The molecule has 0 bridgehead atoms. The van der Waals surface area contributed by atoms with Gasteiger partial charge in [-0.15, -0.1) is 0 Å². The summed E-state index contributed by atoms with van der Waals surface area (Å²) in [4.78, 5) is 17.5. The summed E-state index contributed by atoms with van der Waals surface area (Å²) in [6.45, 7) is 6.08. The molecule has 1 amide bonds. The van der Waals surface area contributed by atoms with Gasteiger partial charge in [0.1, 0.15) is 11.5 Å². The van der Waals surface area contributed by atoms with Crippen molar-refractivity contribution in [3.63, 3.8) is 0 Å². The van der Waals surface area contributed by atoms with Crippen LogP contribution in [0.4, 0.5) is 5.69 Å². The molecule has 0 radical (unpaired) electrons. The van der Waals surface area contributed by atoms with Crippen molar-refractivity contribution in [3.8, 4) is 5.88 Å². The first-order chi connectivity index (χ1) is 14.0. The monoisotopic (exact) mass is 391 g/mol. The molecule has 0 aliphatic heterocycles. The minimum Gasteiger partial charge on any atom is -0.481 e. The van der Waals surface area contributed by atoms with E-state index in [-0.39, 0.29) is 5.91 Å². The molecule has 0 aliphatic rings. The van der Waals surface area contributed by atoms with E-state index < -0.39 is 0 Å². The standard InChI is InChI=1S/C21H21N5O3/c1-12-9-15(25-29-12)11-26-14(3)20(13(2)24-26)23-21(27)17-10-19(28-4)22-18-8-6-5-7-16(17)18/h5-10H,11H2,1-4H3,(H,23,27). The number of nitrogens with one attached hydrogen (secondary N) is 1. The summed E-state index contributed by atoms with van der Waals surface area (Å²) in [5.41, 5.74) is 4.20. The van der Waals surface area contributed by atoms with Gasteiger partial charge in [0.2, 0.25) is 5.88 Å². The molecule has 0 saturated heterocycles. The fourth-order valence-electron chi connectivity index (χ4n) is 3.30. The van der Waals surface area contributed by atoms with Crippen LogP contribution in [0.1, 0.15) is 33.2 Å². The highest BCUT2D eigenvalue weighted by molar-refractivity contribution is 6.12. The van der Waals surface area contributed by atoms with Gasteiger partial charge in [-0.05, 0) is 26.8 Å². The van der Waals surface area contributed by atoms with E-state index in [1.54, 1.807) is 10.7 Å². The van der Waals surface area contributed by atoms with E-state index >= 15 is 0 Å². The highest BCUT2D eigenvalue weighted by Gasteiger charge is 2.19. The highest BCUT2D eigenvalue weighted by Crippen LogP contribution is 2.25. The van der Waals surface area contributed by atoms with Crippen LogP contribution in [0.15, 0.2) is 40.9 Å². The van der Waals surface area contributed by atoms with Crippen molar-refractivity contribution in [1.29, 1.82) is 0 Å². The highest BCUT2D eigenvalue weighted by atomic mass is 16.5. The van der Waals surface area contributed by atoms with Crippen LogP contribution in [0.2, 0.25) is 0 Å². The molecule has 0 saturated carbocycles. The number of rotatable bonds is 5. The normalized spacial score (nSPS) is 11.0. The first-order valence-corrected chi connectivity index (χ1v) is 9.17. The Balaban J connectivity index is 1.66. The van der Waals surface area contributed by atoms with Crippen molar-refractivity contribution in [2.24, 2.45) is 0 Å². The van der Waals surface area contributed by atoms with Crippen LogP contribution in [0, 0.1) is 20.8 Å². The molecule has 0 fully saturated rings. The number of aromatic nitrogens is 4. The predicted molar refractivity (Wildman–Crippen MR) is 108 cm³/mol. The van der Waals surface area contributed by atoms with E-state index in [1.165, 1.54) is 7.11 Å². The Morgan fingerprint density at radius 3 is 2.72 bits per heavy atom. The summed E-state index contributed by atoms with van der Waals surface area (Å²) in [6.07, 6.45) is 0. The van der Waals surface area contributed by atoms with E-state index in [2.05, 4.69) is 20.6 Å². The maximum Gasteiger partial charge on any atom is 0.256 e. The van der Waals surface area contributed by atoms with Crippen LogP contribution in [0.25, 0.3) is 10.9 Å². The van der Waals surface area contributed by atoms with Gasteiger partial charge in [0, 0.05) is 17.5 Å². The average Bonchev–Trinajstić information content (AvgIpc) is 3.24. The van der Waals surface area contributed by atoms with Crippen molar-refractivity contribution >= 4 is 22.5 Å². The number of ether oxygens (including phenoxy) is 1. The Labute approximate surface area is 167 Å². The third-order valence-corrected chi connectivity index (χ3v) is 4.75. The fraction of sp³-hybridized carbons (Fsp3) is 0.238. The number of fused-ring (bicyclic) bond motifs is 1. The van der Waals surface area contributed by atoms with Gasteiger partial charge < -0.3 is 14.6 Å². The van der Waals surface area contributed by atoms with Crippen molar-refractivity contribution in [1.82, 2.24) is 19.9 Å². The summed E-state index contributed by atoms with van der Waals surface area (Å²) in [5.74, 6) is 0.887. The lowest BCUT2D eigenvalue weighted by Gasteiger charge is -2.10. The zero-order valence-corrected chi connectivity index (χ0v) is 16.7. The first-order valence-electron chi connectivity index (χ1n) is 9.17. The fourth-order valence-corrected chi connectivity index (χ4v) is 3.30. The molecule has 148 valence electrons. The lowest BCUT2D eigenvalue weighted by Crippen LogP contribution is -2.14. The summed E-state index contributed by atoms with van der Waals surface area (Å²) in [6, 6.07) is 11.0. The van der Waals surface area contributed by atoms with Gasteiger partial charge in [-0.1, -0.05) is 23.4 Å². The van der Waals surface area contributed by atoms with Gasteiger partial charge in [0.25, 0.3) is 5.91 Å². The molecule has 0 atom stereocenters. The second-order valence-corrected chi connectivity index (χ2v) is 6.82. The number of benzene rings is 1. The summed E-state index contributed by atoms with van der Waals surface area (Å²) in [7, 11) is 1.53. The van der Waals surface area contributed by atoms with Gasteiger partial charge in [-0.2, -0.15) is 5.10 Å². The molecule has 1 aromatic carbocycles. The third-order valence-electron chi connectivity index (χ3n) is 4.75. The summed E-state index contributed by atoms with van der Waals surface area (Å²) >= 11 is 0. The predicted octanol–water partition coefficient (Wildman–Crippen LogP) is 3.65. The number of hydrogen-bond acceptors (Lipinski definition) is 6. The number of nitrogens with zero attached hydrogens (tertiary/aromatic N) is 4. The van der Waals surface area contributed by atoms with Crippen molar-refractivity contribution in [2.45, 2.75) is 27.3 Å². The topological polar surface area (TPSA) is 95.1 Å². The van der Waals surface area contributed by atoms with Crippen LogP contribution in [0.5, 0.6) is 5.88 Å². The molecule has 3 aromatic heterocycles. The summed E-state index contributed by atoms with van der Waals surface area (Å²) in [5, 5.41) is 12.3. The van der Waals surface area contributed by atoms with E-state index in [0.717, 1.165) is 28.2 Å². The number of carbonyl (C=O) groups excluding carboxylic acids is 1. The molecular formula is C21H21N5O3. The van der Waals surface area contributed by atoms with E-state index in [0.29, 0.717) is 29.2 Å². The van der Waals surface area contributed by atoms with Crippen LogP contribution >= 0.6 is 0 Å². The van der Waals surface area contributed by atoms with Crippen LogP contribution in [-0.4, -0.2) is 32.9 Å². The lowest BCUT2D eigenvalue weighted by atomic mass is 10.1. The number of para-hydroxylation sites is 1. The molecule has 29 heavy (non-hydrogen) atoms. The Bertz CT molecular complexity index is 1210. The largest absolute Gasteiger partial charge is 0.481 e. The molecule has 8 nitrogen and oxygen atoms in total. The Morgan fingerprint density at radius 1 is 1.21 bits per heavy atom. The quantitative estimate of drug-likeness (QED) is 0.558. The molecule has 4 rings (SSSR count). The molecule has 8 heteroatoms. The third kappa shape index (κ3) is 3.56. The number of methoxy groups -OCH3 is 1. The molecular weight excluding hydrogens is 370 g/mol. The second kappa shape index (κ2) is 7.38. The SMILES string of the molecule is COc1cc(C(=O)Nc2c(C)nn(Cc3cc(C)on3)c2C)c2ccccc2n1. The number of amides is 1. The number of aryl methyl sites for hydroxylation is 2. The maximum atomic E-state index is 13.1. The van der Waals surface area contributed by atoms with Gasteiger partial charge >= 0.3 is 0 Å². The van der Waals surface area contributed by atoms with Gasteiger partial charge in [0.15, 0.2) is 0 Å². The van der Waals surface area contributed by atoms with Crippen molar-refractivity contribution in [2.75, 3.05) is 12.4 Å².